The summed E-state index contributed by atoms with van der Waals surface area (Å²) in [5.74, 6) is -0.461. The zero-order chi connectivity index (χ0) is 16.4. The number of carbonyl (C=O) groups excluding carboxylic acids is 2. The number of amides is 3. The second kappa shape index (κ2) is 6.56. The van der Waals surface area contributed by atoms with Gasteiger partial charge in [-0.3, -0.25) is 4.79 Å². The number of benzene rings is 1. The summed E-state index contributed by atoms with van der Waals surface area (Å²) in [6.45, 7) is 3.20. The van der Waals surface area contributed by atoms with Crippen molar-refractivity contribution in [2.45, 2.75) is 44.7 Å². The van der Waals surface area contributed by atoms with E-state index in [2.05, 4.69) is 12.2 Å². The van der Waals surface area contributed by atoms with Gasteiger partial charge < -0.3 is 15.1 Å². The Balaban J connectivity index is 1.62. The van der Waals surface area contributed by atoms with Gasteiger partial charge >= 0.3 is 6.03 Å². The number of hydrogen-bond acceptors (Lipinski definition) is 2. The monoisotopic (exact) mass is 319 g/mol. The molecule has 0 spiro atoms. The minimum Gasteiger partial charge on any atom is -0.333 e. The molecule has 3 rings (SSSR count). The number of urea groups is 1. The Hall–Kier alpha value is -2.11. The lowest BCUT2D eigenvalue weighted by atomic mass is 10.0. The van der Waals surface area contributed by atoms with Gasteiger partial charge in [0.15, 0.2) is 0 Å². The molecule has 2 aliphatic rings. The van der Waals surface area contributed by atoms with Gasteiger partial charge in [-0.05, 0) is 44.4 Å². The fourth-order valence-electron chi connectivity index (χ4n) is 3.36. The van der Waals surface area contributed by atoms with Gasteiger partial charge in [-0.1, -0.05) is 6.07 Å². The fraction of sp³-hybridized carbons (Fsp3) is 0.529. The first kappa shape index (κ1) is 15.8. The number of halogens is 1. The van der Waals surface area contributed by atoms with Crippen LogP contribution in [0.2, 0.25) is 0 Å². The van der Waals surface area contributed by atoms with Crippen molar-refractivity contribution >= 4 is 17.6 Å². The molecule has 2 saturated heterocycles. The number of likely N-dealkylation sites (tertiary alicyclic amines) is 1. The Labute approximate surface area is 135 Å². The van der Waals surface area contributed by atoms with Crippen LogP contribution in [0, 0.1) is 5.82 Å². The summed E-state index contributed by atoms with van der Waals surface area (Å²) in [6.07, 6.45) is 3.45. The Kier molecular flexibility index (Phi) is 4.50. The molecule has 0 aromatic heterocycles. The third kappa shape index (κ3) is 3.46. The maximum absolute atomic E-state index is 13.3. The Morgan fingerprint density at radius 3 is 2.91 bits per heavy atom. The van der Waals surface area contributed by atoms with E-state index in [9.17, 15) is 14.0 Å². The first-order valence-corrected chi connectivity index (χ1v) is 8.17. The van der Waals surface area contributed by atoms with Crippen molar-refractivity contribution in [3.63, 3.8) is 0 Å². The zero-order valence-electron chi connectivity index (χ0n) is 13.3. The number of hydrogen-bond donors (Lipinski definition) is 1. The number of anilines is 1. The molecule has 124 valence electrons. The second-order valence-electron chi connectivity index (χ2n) is 6.37. The van der Waals surface area contributed by atoms with Crippen molar-refractivity contribution in [1.82, 2.24) is 10.2 Å². The van der Waals surface area contributed by atoms with Crippen LogP contribution >= 0.6 is 0 Å². The number of carbonyl (C=O) groups is 2. The van der Waals surface area contributed by atoms with Crippen LogP contribution in [0.15, 0.2) is 24.3 Å². The van der Waals surface area contributed by atoms with Crippen LogP contribution in [0.3, 0.4) is 0 Å². The van der Waals surface area contributed by atoms with Crippen molar-refractivity contribution in [2.75, 3.05) is 18.0 Å². The second-order valence-corrected chi connectivity index (χ2v) is 6.37. The lowest BCUT2D eigenvalue weighted by molar-refractivity contribution is -0.117. The molecule has 0 unspecified atom stereocenters. The number of nitrogens with one attached hydrogen (secondary N) is 1. The third-order valence-corrected chi connectivity index (χ3v) is 4.64. The van der Waals surface area contributed by atoms with Crippen molar-refractivity contribution in [1.29, 1.82) is 0 Å². The molecule has 2 aliphatic heterocycles. The summed E-state index contributed by atoms with van der Waals surface area (Å²) in [7, 11) is 0. The molecule has 1 aromatic rings. The van der Waals surface area contributed by atoms with Gasteiger partial charge in [-0.15, -0.1) is 0 Å². The molecule has 3 amide bonds. The van der Waals surface area contributed by atoms with Gasteiger partial charge in [0, 0.05) is 31.2 Å². The van der Waals surface area contributed by atoms with Gasteiger partial charge in [0.1, 0.15) is 5.82 Å². The highest BCUT2D eigenvalue weighted by atomic mass is 19.1. The van der Waals surface area contributed by atoms with E-state index in [1.165, 1.54) is 17.0 Å². The maximum Gasteiger partial charge on any atom is 0.317 e. The third-order valence-electron chi connectivity index (χ3n) is 4.64. The van der Waals surface area contributed by atoms with E-state index < -0.39 is 0 Å². The summed E-state index contributed by atoms with van der Waals surface area (Å²) in [4.78, 5) is 27.9. The SMILES string of the molecule is C[C@H]1CCCCN1C(=O)N[C@H]1CC(=O)N(c2cccc(F)c2)C1. The smallest absolute Gasteiger partial charge is 0.317 e. The van der Waals surface area contributed by atoms with Crippen LogP contribution in [-0.2, 0) is 4.79 Å². The molecule has 0 radical (unpaired) electrons. The van der Waals surface area contributed by atoms with E-state index >= 15 is 0 Å². The van der Waals surface area contributed by atoms with Crippen LogP contribution in [0.25, 0.3) is 0 Å². The van der Waals surface area contributed by atoms with E-state index in [0.29, 0.717) is 12.2 Å². The van der Waals surface area contributed by atoms with Gasteiger partial charge in [-0.2, -0.15) is 0 Å². The van der Waals surface area contributed by atoms with E-state index in [1.54, 1.807) is 12.1 Å². The number of piperidine rings is 1. The Morgan fingerprint density at radius 2 is 2.17 bits per heavy atom. The minimum atomic E-state index is -0.370. The van der Waals surface area contributed by atoms with Crippen molar-refractivity contribution in [3.05, 3.63) is 30.1 Å². The standard InChI is InChI=1S/C17H22FN3O2/c1-12-5-2-3-8-20(12)17(23)19-14-10-16(22)21(11-14)15-7-4-6-13(18)9-15/h4,6-7,9,12,14H,2-3,5,8,10-11H2,1H3,(H,19,23)/t12-,14-/m0/s1. The van der Waals surface area contributed by atoms with Gasteiger partial charge in [0.05, 0.1) is 6.04 Å². The molecule has 2 fully saturated rings. The molecule has 1 N–H and O–H groups in total. The molecule has 0 aliphatic carbocycles. The van der Waals surface area contributed by atoms with E-state index in [0.717, 1.165) is 25.8 Å². The van der Waals surface area contributed by atoms with Gasteiger partial charge in [0.2, 0.25) is 5.91 Å². The highest BCUT2D eigenvalue weighted by Gasteiger charge is 2.33. The summed E-state index contributed by atoms with van der Waals surface area (Å²) < 4.78 is 13.3. The highest BCUT2D eigenvalue weighted by Crippen LogP contribution is 2.23. The molecule has 2 atom stereocenters. The van der Waals surface area contributed by atoms with E-state index in [4.69, 9.17) is 0 Å². The van der Waals surface area contributed by atoms with Crippen LogP contribution < -0.4 is 10.2 Å². The van der Waals surface area contributed by atoms with Crippen molar-refractivity contribution in [3.8, 4) is 0 Å². The minimum absolute atomic E-state index is 0.0902. The van der Waals surface area contributed by atoms with Crippen LogP contribution in [0.4, 0.5) is 14.9 Å². The van der Waals surface area contributed by atoms with Gasteiger partial charge in [0.25, 0.3) is 0 Å². The van der Waals surface area contributed by atoms with E-state index in [-0.39, 0.29) is 36.3 Å². The van der Waals surface area contributed by atoms with Crippen LogP contribution in [0.1, 0.15) is 32.6 Å². The summed E-state index contributed by atoms with van der Waals surface area (Å²) >= 11 is 0. The fourth-order valence-corrected chi connectivity index (χ4v) is 3.36. The zero-order valence-corrected chi connectivity index (χ0v) is 13.3. The molecule has 23 heavy (non-hydrogen) atoms. The lowest BCUT2D eigenvalue weighted by Crippen LogP contribution is -2.50. The average molecular weight is 319 g/mol. The molecular formula is C17H22FN3O2. The summed E-state index contributed by atoms with van der Waals surface area (Å²) in [5, 5.41) is 2.95. The molecule has 5 nitrogen and oxygen atoms in total. The van der Waals surface area contributed by atoms with Gasteiger partial charge in [-0.25, -0.2) is 9.18 Å². The first-order valence-electron chi connectivity index (χ1n) is 8.17. The molecule has 0 saturated carbocycles. The molecule has 2 heterocycles. The normalized spacial score (nSPS) is 24.9. The average Bonchev–Trinajstić information content (AvgIpc) is 2.88. The van der Waals surface area contributed by atoms with Crippen LogP contribution in [-0.4, -0.2) is 42.0 Å². The highest BCUT2D eigenvalue weighted by molar-refractivity contribution is 5.96. The number of rotatable bonds is 2. The predicted molar refractivity (Wildman–Crippen MR) is 85.7 cm³/mol. The Bertz CT molecular complexity index is 607. The summed E-state index contributed by atoms with van der Waals surface area (Å²) in [6, 6.07) is 5.89. The molecule has 1 aromatic carbocycles. The molecular weight excluding hydrogens is 297 g/mol. The van der Waals surface area contributed by atoms with E-state index in [1.807, 2.05) is 4.90 Å². The van der Waals surface area contributed by atoms with Crippen LogP contribution in [0.5, 0.6) is 0 Å². The number of nitrogens with zero attached hydrogens (tertiary/aromatic N) is 2. The topological polar surface area (TPSA) is 52.7 Å². The van der Waals surface area contributed by atoms with Crippen molar-refractivity contribution < 1.29 is 14.0 Å². The summed E-state index contributed by atoms with van der Waals surface area (Å²) in [5.41, 5.74) is 0.540. The quantitative estimate of drug-likeness (QED) is 0.910. The van der Waals surface area contributed by atoms with Crippen molar-refractivity contribution in [2.24, 2.45) is 0 Å². The first-order chi connectivity index (χ1) is 11.0. The Morgan fingerprint density at radius 1 is 1.35 bits per heavy atom. The largest absolute Gasteiger partial charge is 0.333 e. The maximum atomic E-state index is 13.3. The predicted octanol–water partition coefficient (Wildman–Crippen LogP) is 2.52. The molecule has 0 bridgehead atoms. The lowest BCUT2D eigenvalue weighted by Gasteiger charge is -2.34. The molecule has 6 heteroatoms.